The van der Waals surface area contributed by atoms with Crippen molar-refractivity contribution in [1.82, 2.24) is 4.90 Å². The fourth-order valence-corrected chi connectivity index (χ4v) is 2.43. The summed E-state index contributed by atoms with van der Waals surface area (Å²) in [6, 6.07) is 0.785. The fourth-order valence-electron chi connectivity index (χ4n) is 2.43. The molecular formula is C10H17N. The highest BCUT2D eigenvalue weighted by Crippen LogP contribution is 2.32. The maximum Gasteiger partial charge on any atom is 0.0280 e. The Bertz CT molecular complexity index is 154. The van der Waals surface area contributed by atoms with Gasteiger partial charge in [0.1, 0.15) is 0 Å². The Morgan fingerprint density at radius 1 is 1.27 bits per heavy atom. The van der Waals surface area contributed by atoms with Crippen LogP contribution in [0.3, 0.4) is 0 Å². The van der Waals surface area contributed by atoms with Crippen LogP contribution < -0.4 is 0 Å². The number of hydrogen-bond acceptors (Lipinski definition) is 1. The molecule has 3 aliphatic heterocycles. The molecule has 0 aliphatic carbocycles. The van der Waals surface area contributed by atoms with E-state index in [0.717, 1.165) is 12.0 Å². The summed E-state index contributed by atoms with van der Waals surface area (Å²) in [5, 5.41) is 0. The normalized spacial score (nSPS) is 43.5. The third-order valence-corrected chi connectivity index (χ3v) is 3.11. The van der Waals surface area contributed by atoms with Crippen LogP contribution in [0.25, 0.3) is 0 Å². The highest BCUT2D eigenvalue weighted by atomic mass is 15.2. The summed E-state index contributed by atoms with van der Waals surface area (Å²) in [7, 11) is 0. The van der Waals surface area contributed by atoms with Crippen molar-refractivity contribution in [2.24, 2.45) is 5.92 Å². The quantitative estimate of drug-likeness (QED) is 0.518. The lowest BCUT2D eigenvalue weighted by atomic mass is 9.83. The van der Waals surface area contributed by atoms with Crippen molar-refractivity contribution in [2.75, 3.05) is 13.1 Å². The third kappa shape index (κ3) is 1.34. The zero-order valence-electron chi connectivity index (χ0n) is 7.29. The van der Waals surface area contributed by atoms with Crippen LogP contribution in [-0.2, 0) is 0 Å². The van der Waals surface area contributed by atoms with Crippen LogP contribution >= 0.6 is 0 Å². The summed E-state index contributed by atoms with van der Waals surface area (Å²) in [6.07, 6.45) is 8.89. The molecule has 1 heteroatoms. The van der Waals surface area contributed by atoms with Gasteiger partial charge in [-0.25, -0.2) is 0 Å². The van der Waals surface area contributed by atoms with E-state index in [9.17, 15) is 0 Å². The van der Waals surface area contributed by atoms with E-state index in [-0.39, 0.29) is 0 Å². The predicted octanol–water partition coefficient (Wildman–Crippen LogP) is 2.05. The number of hydrogen-bond donors (Lipinski definition) is 0. The second-order valence-electron chi connectivity index (χ2n) is 3.81. The average Bonchev–Trinajstić information content (AvgIpc) is 2.07. The van der Waals surface area contributed by atoms with Gasteiger partial charge in [-0.3, -0.25) is 4.90 Å². The Hall–Kier alpha value is -0.300. The largest absolute Gasteiger partial charge is 0.297 e. The number of piperidine rings is 3. The minimum absolute atomic E-state index is 0.785. The topological polar surface area (TPSA) is 3.24 Å². The number of fused-ring (bicyclic) bond motifs is 3. The molecule has 0 amide bonds. The van der Waals surface area contributed by atoms with Crippen molar-refractivity contribution in [3.8, 4) is 0 Å². The van der Waals surface area contributed by atoms with Crippen LogP contribution in [0.4, 0.5) is 0 Å². The predicted molar refractivity (Wildman–Crippen MR) is 47.5 cm³/mol. The summed E-state index contributed by atoms with van der Waals surface area (Å²) in [5.41, 5.74) is 0. The van der Waals surface area contributed by atoms with Gasteiger partial charge in [-0.1, -0.05) is 12.2 Å². The highest BCUT2D eigenvalue weighted by molar-refractivity contribution is 4.99. The molecule has 0 spiro atoms. The molecule has 0 aromatic carbocycles. The Morgan fingerprint density at radius 2 is 2.00 bits per heavy atom. The molecule has 3 rings (SSSR count). The number of nitrogens with zero attached hydrogens (tertiary/aromatic N) is 1. The van der Waals surface area contributed by atoms with Crippen molar-refractivity contribution in [2.45, 2.75) is 32.2 Å². The number of allylic oxidation sites excluding steroid dienone is 1. The fraction of sp³-hybridized carbons (Fsp3) is 0.800. The zero-order chi connectivity index (χ0) is 7.68. The van der Waals surface area contributed by atoms with Crippen LogP contribution in [0.1, 0.15) is 26.2 Å². The van der Waals surface area contributed by atoms with Crippen molar-refractivity contribution in [3.05, 3.63) is 12.2 Å². The van der Waals surface area contributed by atoms with Gasteiger partial charge in [-0.05, 0) is 45.2 Å². The van der Waals surface area contributed by atoms with E-state index in [1.54, 1.807) is 0 Å². The molecule has 1 atom stereocenters. The van der Waals surface area contributed by atoms with E-state index in [0.29, 0.717) is 0 Å². The molecular weight excluding hydrogens is 134 g/mol. The van der Waals surface area contributed by atoms with E-state index in [2.05, 4.69) is 24.0 Å². The van der Waals surface area contributed by atoms with Crippen molar-refractivity contribution in [1.29, 1.82) is 0 Å². The third-order valence-electron chi connectivity index (χ3n) is 3.11. The van der Waals surface area contributed by atoms with E-state index >= 15 is 0 Å². The lowest BCUT2D eigenvalue weighted by Gasteiger charge is -2.44. The lowest BCUT2D eigenvalue weighted by Crippen LogP contribution is -2.47. The van der Waals surface area contributed by atoms with Crippen LogP contribution in [0.15, 0.2) is 12.2 Å². The molecule has 1 nitrogen and oxygen atoms in total. The van der Waals surface area contributed by atoms with Crippen LogP contribution in [0, 0.1) is 5.92 Å². The summed E-state index contributed by atoms with van der Waals surface area (Å²) in [4.78, 5) is 2.62. The SMILES string of the molecule is C/C=C/C1CC2CCN1CC2. The molecule has 3 saturated heterocycles. The van der Waals surface area contributed by atoms with Gasteiger partial charge in [0.2, 0.25) is 0 Å². The van der Waals surface area contributed by atoms with Crippen molar-refractivity contribution in [3.63, 3.8) is 0 Å². The first-order valence-electron chi connectivity index (χ1n) is 4.77. The Labute approximate surface area is 69.1 Å². The molecule has 0 aromatic rings. The van der Waals surface area contributed by atoms with Gasteiger partial charge in [0.25, 0.3) is 0 Å². The Morgan fingerprint density at radius 3 is 2.45 bits per heavy atom. The first kappa shape index (κ1) is 7.35. The molecule has 3 aliphatic rings. The minimum Gasteiger partial charge on any atom is -0.297 e. The molecule has 0 saturated carbocycles. The summed E-state index contributed by atoms with van der Waals surface area (Å²) in [5.74, 6) is 1.04. The van der Waals surface area contributed by atoms with Crippen LogP contribution in [0.5, 0.6) is 0 Å². The molecule has 2 bridgehead atoms. The first-order chi connectivity index (χ1) is 5.40. The Balaban J connectivity index is 2.02. The Kier molecular flexibility index (Phi) is 1.99. The molecule has 0 N–H and O–H groups in total. The van der Waals surface area contributed by atoms with E-state index in [1.165, 1.54) is 32.4 Å². The van der Waals surface area contributed by atoms with Gasteiger partial charge in [0.05, 0.1) is 0 Å². The van der Waals surface area contributed by atoms with E-state index < -0.39 is 0 Å². The lowest BCUT2D eigenvalue weighted by molar-refractivity contribution is 0.0736. The number of rotatable bonds is 1. The molecule has 62 valence electrons. The van der Waals surface area contributed by atoms with Gasteiger partial charge >= 0.3 is 0 Å². The van der Waals surface area contributed by atoms with E-state index in [1.807, 2.05) is 0 Å². The maximum absolute atomic E-state index is 2.62. The smallest absolute Gasteiger partial charge is 0.0280 e. The molecule has 3 fully saturated rings. The maximum atomic E-state index is 2.62. The monoisotopic (exact) mass is 151 g/mol. The van der Waals surface area contributed by atoms with Gasteiger partial charge in [-0.15, -0.1) is 0 Å². The van der Waals surface area contributed by atoms with Crippen molar-refractivity contribution >= 4 is 0 Å². The second kappa shape index (κ2) is 2.98. The standard InChI is InChI=1S/C10H17N/c1-2-3-10-8-9-4-6-11(10)7-5-9/h2-3,9-10H,4-8H2,1H3/b3-2+. The van der Waals surface area contributed by atoms with Gasteiger partial charge in [-0.2, -0.15) is 0 Å². The second-order valence-corrected chi connectivity index (χ2v) is 3.81. The van der Waals surface area contributed by atoms with Crippen molar-refractivity contribution < 1.29 is 0 Å². The summed E-state index contributed by atoms with van der Waals surface area (Å²) in [6.45, 7) is 4.82. The highest BCUT2D eigenvalue weighted by Gasteiger charge is 2.31. The minimum atomic E-state index is 0.785. The van der Waals surface area contributed by atoms with Gasteiger partial charge < -0.3 is 0 Å². The summed E-state index contributed by atoms with van der Waals surface area (Å²) >= 11 is 0. The van der Waals surface area contributed by atoms with E-state index in [4.69, 9.17) is 0 Å². The van der Waals surface area contributed by atoms with Gasteiger partial charge in [0.15, 0.2) is 0 Å². The molecule has 11 heavy (non-hydrogen) atoms. The average molecular weight is 151 g/mol. The van der Waals surface area contributed by atoms with Crippen LogP contribution in [0.2, 0.25) is 0 Å². The van der Waals surface area contributed by atoms with Crippen LogP contribution in [-0.4, -0.2) is 24.0 Å². The zero-order valence-corrected chi connectivity index (χ0v) is 7.29. The first-order valence-corrected chi connectivity index (χ1v) is 4.77. The molecule has 3 heterocycles. The molecule has 0 aromatic heterocycles. The molecule has 1 unspecified atom stereocenters. The molecule has 0 radical (unpaired) electrons. The van der Waals surface area contributed by atoms with Gasteiger partial charge in [0, 0.05) is 6.04 Å². The summed E-state index contributed by atoms with van der Waals surface area (Å²) < 4.78 is 0.